The van der Waals surface area contributed by atoms with Gasteiger partial charge < -0.3 is 14.4 Å². The fourth-order valence-electron chi connectivity index (χ4n) is 2.81. The van der Waals surface area contributed by atoms with Crippen LogP contribution in [0, 0.1) is 0 Å². The van der Waals surface area contributed by atoms with Gasteiger partial charge in [-0.25, -0.2) is 9.48 Å². The largest absolute Gasteiger partial charge is 0.450 e. The molecule has 1 aromatic carbocycles. The van der Waals surface area contributed by atoms with Crippen LogP contribution in [0.2, 0.25) is 0 Å². The van der Waals surface area contributed by atoms with E-state index in [0.717, 1.165) is 10.6 Å². The molecule has 0 radical (unpaired) electrons. The van der Waals surface area contributed by atoms with Crippen LogP contribution in [0.4, 0.5) is 0 Å². The number of carbonyl (C=O) groups excluding carboxylic acids is 2. The predicted molar refractivity (Wildman–Crippen MR) is 102 cm³/mol. The molecule has 1 amide bonds. The molecule has 144 valence electrons. The van der Waals surface area contributed by atoms with Crippen molar-refractivity contribution in [2.24, 2.45) is 0 Å². The molecule has 1 saturated heterocycles. The van der Waals surface area contributed by atoms with E-state index >= 15 is 0 Å². The smallest absolute Gasteiger partial charge is 0.378 e. The Morgan fingerprint density at radius 1 is 1.11 bits per heavy atom. The van der Waals surface area contributed by atoms with E-state index in [-0.39, 0.29) is 18.3 Å². The number of nitrogens with zero attached hydrogens (tertiary/aromatic N) is 4. The Hall–Kier alpha value is -3.04. The molecule has 0 atom stereocenters. The molecule has 0 saturated carbocycles. The van der Waals surface area contributed by atoms with Gasteiger partial charge in [0.25, 0.3) is 11.7 Å². The summed E-state index contributed by atoms with van der Waals surface area (Å²) in [6.07, 6.45) is 0. The van der Waals surface area contributed by atoms with Crippen LogP contribution < -0.4 is 0 Å². The van der Waals surface area contributed by atoms with Crippen molar-refractivity contribution in [3.8, 4) is 16.4 Å². The number of amides is 1. The quantitative estimate of drug-likeness (QED) is 0.611. The molecular formula is C19H18N4O4S. The number of ether oxygens (including phenoxy) is 2. The van der Waals surface area contributed by atoms with Gasteiger partial charge in [0, 0.05) is 13.1 Å². The van der Waals surface area contributed by atoms with E-state index in [4.69, 9.17) is 9.47 Å². The van der Waals surface area contributed by atoms with Gasteiger partial charge in [-0.1, -0.05) is 24.3 Å². The number of hydrogen-bond donors (Lipinski definition) is 0. The number of benzene rings is 1. The molecule has 8 nitrogen and oxygen atoms in total. The molecule has 1 aliphatic heterocycles. The van der Waals surface area contributed by atoms with Crippen molar-refractivity contribution in [3.05, 3.63) is 53.7 Å². The van der Waals surface area contributed by atoms with Crippen molar-refractivity contribution in [2.45, 2.75) is 0 Å². The summed E-state index contributed by atoms with van der Waals surface area (Å²) in [7, 11) is 0. The third-order valence-corrected chi connectivity index (χ3v) is 5.09. The topological polar surface area (TPSA) is 86.5 Å². The lowest BCUT2D eigenvalue weighted by Crippen LogP contribution is -2.42. The second kappa shape index (κ2) is 8.32. The Kier molecular flexibility index (Phi) is 5.45. The zero-order chi connectivity index (χ0) is 19.3. The molecule has 9 heteroatoms. The van der Waals surface area contributed by atoms with Crippen molar-refractivity contribution in [2.75, 3.05) is 32.9 Å². The Labute approximate surface area is 165 Å². The van der Waals surface area contributed by atoms with Gasteiger partial charge in [0.05, 0.1) is 23.8 Å². The molecule has 3 heterocycles. The SMILES string of the molecule is O=C(OCC(=O)N1CCOCC1)c1nc(-c2cccs2)n(-c2ccccc2)n1. The highest BCUT2D eigenvalue weighted by atomic mass is 32.1. The van der Waals surface area contributed by atoms with Gasteiger partial charge in [-0.3, -0.25) is 4.79 Å². The molecule has 4 rings (SSSR count). The highest BCUT2D eigenvalue weighted by Gasteiger charge is 2.23. The average molecular weight is 398 g/mol. The molecule has 0 aliphatic carbocycles. The van der Waals surface area contributed by atoms with Crippen LogP contribution in [0.3, 0.4) is 0 Å². The van der Waals surface area contributed by atoms with E-state index in [0.29, 0.717) is 32.1 Å². The van der Waals surface area contributed by atoms with Crippen LogP contribution in [0.1, 0.15) is 10.6 Å². The van der Waals surface area contributed by atoms with Crippen molar-refractivity contribution >= 4 is 23.2 Å². The normalized spacial score (nSPS) is 14.1. The van der Waals surface area contributed by atoms with E-state index < -0.39 is 5.97 Å². The maximum atomic E-state index is 12.4. The number of para-hydroxylation sites is 1. The zero-order valence-electron chi connectivity index (χ0n) is 15.0. The molecule has 1 aliphatic rings. The number of morpholine rings is 1. The summed E-state index contributed by atoms with van der Waals surface area (Å²) >= 11 is 1.50. The van der Waals surface area contributed by atoms with Crippen LogP contribution in [0.25, 0.3) is 16.4 Å². The summed E-state index contributed by atoms with van der Waals surface area (Å²) in [6.45, 7) is 1.65. The first-order valence-corrected chi connectivity index (χ1v) is 9.69. The predicted octanol–water partition coefficient (Wildman–Crippen LogP) is 2.01. The third-order valence-electron chi connectivity index (χ3n) is 4.22. The third kappa shape index (κ3) is 3.95. The van der Waals surface area contributed by atoms with Crippen molar-refractivity contribution < 1.29 is 19.1 Å². The molecule has 1 fully saturated rings. The Balaban J connectivity index is 1.53. The zero-order valence-corrected chi connectivity index (χ0v) is 15.8. The number of aromatic nitrogens is 3. The van der Waals surface area contributed by atoms with Gasteiger partial charge in [0.2, 0.25) is 0 Å². The Morgan fingerprint density at radius 3 is 2.61 bits per heavy atom. The van der Waals surface area contributed by atoms with Crippen molar-refractivity contribution in [1.82, 2.24) is 19.7 Å². The number of thiophene rings is 1. The fraction of sp³-hybridized carbons (Fsp3) is 0.263. The van der Waals surface area contributed by atoms with E-state index in [1.165, 1.54) is 11.3 Å². The van der Waals surface area contributed by atoms with Gasteiger partial charge in [-0.05, 0) is 23.6 Å². The average Bonchev–Trinajstić information content (AvgIpc) is 3.43. The van der Waals surface area contributed by atoms with Crippen LogP contribution in [0.15, 0.2) is 47.8 Å². The minimum atomic E-state index is -0.728. The van der Waals surface area contributed by atoms with Gasteiger partial charge >= 0.3 is 5.97 Å². The first-order chi connectivity index (χ1) is 13.7. The number of rotatable bonds is 5. The lowest BCUT2D eigenvalue weighted by atomic mass is 10.3. The van der Waals surface area contributed by atoms with Crippen LogP contribution in [-0.4, -0.2) is 64.5 Å². The highest BCUT2D eigenvalue weighted by molar-refractivity contribution is 7.13. The van der Waals surface area contributed by atoms with Crippen LogP contribution >= 0.6 is 11.3 Å². The standard InChI is InChI=1S/C19H18N4O4S/c24-16(22-8-10-26-11-9-22)13-27-19(25)17-20-18(15-7-4-12-28-15)23(21-17)14-5-2-1-3-6-14/h1-7,12H,8-11,13H2. The number of hydrogen-bond acceptors (Lipinski definition) is 7. The summed E-state index contributed by atoms with van der Waals surface area (Å²) in [6, 6.07) is 13.2. The summed E-state index contributed by atoms with van der Waals surface area (Å²) in [5, 5.41) is 6.25. The van der Waals surface area contributed by atoms with Gasteiger partial charge in [-0.2, -0.15) is 4.98 Å². The minimum Gasteiger partial charge on any atom is -0.450 e. The lowest BCUT2D eigenvalue weighted by molar-refractivity contribution is -0.138. The van der Waals surface area contributed by atoms with Crippen molar-refractivity contribution in [1.29, 1.82) is 0 Å². The summed E-state index contributed by atoms with van der Waals surface area (Å²) < 4.78 is 12.0. The van der Waals surface area contributed by atoms with Gasteiger partial charge in [0.15, 0.2) is 12.4 Å². The molecule has 0 bridgehead atoms. The second-order valence-electron chi connectivity index (χ2n) is 6.05. The van der Waals surface area contributed by atoms with E-state index in [1.54, 1.807) is 9.58 Å². The summed E-state index contributed by atoms with van der Waals surface area (Å²) in [5.41, 5.74) is 0.779. The van der Waals surface area contributed by atoms with Crippen LogP contribution in [0.5, 0.6) is 0 Å². The highest BCUT2D eigenvalue weighted by Crippen LogP contribution is 2.25. The van der Waals surface area contributed by atoms with E-state index in [9.17, 15) is 9.59 Å². The van der Waals surface area contributed by atoms with Gasteiger partial charge in [-0.15, -0.1) is 16.4 Å². The molecule has 0 spiro atoms. The number of carbonyl (C=O) groups is 2. The monoisotopic (exact) mass is 398 g/mol. The van der Waals surface area contributed by atoms with E-state index in [2.05, 4.69) is 10.1 Å². The molecule has 2 aromatic heterocycles. The maximum Gasteiger partial charge on any atom is 0.378 e. The molecule has 0 N–H and O–H groups in total. The number of esters is 1. The molecule has 28 heavy (non-hydrogen) atoms. The van der Waals surface area contributed by atoms with Crippen molar-refractivity contribution in [3.63, 3.8) is 0 Å². The lowest BCUT2D eigenvalue weighted by Gasteiger charge is -2.26. The minimum absolute atomic E-state index is 0.0815. The van der Waals surface area contributed by atoms with Gasteiger partial charge in [0.1, 0.15) is 0 Å². The second-order valence-corrected chi connectivity index (χ2v) is 7.00. The fourth-order valence-corrected chi connectivity index (χ4v) is 3.51. The maximum absolute atomic E-state index is 12.4. The van der Waals surface area contributed by atoms with Crippen LogP contribution in [-0.2, 0) is 14.3 Å². The molecule has 0 unspecified atom stereocenters. The molecular weight excluding hydrogens is 380 g/mol. The Bertz CT molecular complexity index is 950. The first-order valence-electron chi connectivity index (χ1n) is 8.81. The summed E-state index contributed by atoms with van der Waals surface area (Å²) in [5.74, 6) is -0.513. The summed E-state index contributed by atoms with van der Waals surface area (Å²) in [4.78, 5) is 31.5. The first kappa shape index (κ1) is 18.3. The Morgan fingerprint density at radius 2 is 1.89 bits per heavy atom. The molecule has 3 aromatic rings. The van der Waals surface area contributed by atoms with E-state index in [1.807, 2.05) is 47.8 Å².